The molecule has 0 heterocycles. The molecular weight excluding hydrogens is 459 g/mol. The molecular formula is C21H23FN2O6S2. The summed E-state index contributed by atoms with van der Waals surface area (Å²) >= 11 is 0. The van der Waals surface area contributed by atoms with Crippen LogP contribution < -0.4 is 14.6 Å². The van der Waals surface area contributed by atoms with E-state index in [4.69, 9.17) is 9.88 Å². The Morgan fingerprint density at radius 2 is 1.78 bits per heavy atom. The monoisotopic (exact) mass is 482 g/mol. The molecule has 3 N–H and O–H groups in total. The standard InChI is InChI=1S/C21H23FN2O6S2/c1-15(2)8-9-16-10-11-17(14-18(16)30-13-5-12-22)21(25)24-32(28,29)20-7-4-3-6-19(20)31(23,26)27/h3-4,6-7,10-11,14-15H,5,12-13H2,1-2H3,(H,24,25)(H2,23,26,27). The number of halogens is 1. The van der Waals surface area contributed by atoms with Gasteiger partial charge in [0.2, 0.25) is 10.0 Å². The third-order valence-electron chi connectivity index (χ3n) is 3.95. The molecule has 11 heteroatoms. The molecule has 0 unspecified atom stereocenters. The molecule has 0 fully saturated rings. The molecule has 0 saturated heterocycles. The van der Waals surface area contributed by atoms with Gasteiger partial charge >= 0.3 is 0 Å². The SMILES string of the molecule is CC(C)C#Cc1ccc(C(=O)NS(=O)(=O)c2ccccc2S(N)(=O)=O)cc1OCCCF. The zero-order valence-electron chi connectivity index (χ0n) is 17.5. The van der Waals surface area contributed by atoms with Crippen LogP contribution >= 0.6 is 0 Å². The van der Waals surface area contributed by atoms with Crippen molar-refractivity contribution < 1.29 is 30.8 Å². The number of carbonyl (C=O) groups is 1. The summed E-state index contributed by atoms with van der Waals surface area (Å²) in [5.74, 6) is 5.10. The van der Waals surface area contributed by atoms with E-state index in [2.05, 4.69) is 11.8 Å². The van der Waals surface area contributed by atoms with Crippen molar-refractivity contribution >= 4 is 26.0 Å². The molecule has 2 aromatic carbocycles. The predicted molar refractivity (Wildman–Crippen MR) is 117 cm³/mol. The van der Waals surface area contributed by atoms with Crippen LogP contribution in [0.25, 0.3) is 0 Å². The molecule has 0 saturated carbocycles. The Bertz CT molecular complexity index is 1260. The number of hydrogen-bond donors (Lipinski definition) is 2. The van der Waals surface area contributed by atoms with Crippen LogP contribution in [0.2, 0.25) is 0 Å². The van der Waals surface area contributed by atoms with Gasteiger partial charge in [0.25, 0.3) is 15.9 Å². The highest BCUT2D eigenvalue weighted by Gasteiger charge is 2.26. The summed E-state index contributed by atoms with van der Waals surface area (Å²) in [5, 5.41) is 5.08. The second-order valence-electron chi connectivity index (χ2n) is 6.95. The lowest BCUT2D eigenvalue weighted by atomic mass is 10.1. The Morgan fingerprint density at radius 1 is 1.12 bits per heavy atom. The molecule has 172 valence electrons. The Morgan fingerprint density at radius 3 is 2.38 bits per heavy atom. The van der Waals surface area contributed by atoms with Crippen LogP contribution in [-0.2, 0) is 20.0 Å². The molecule has 0 bridgehead atoms. The lowest BCUT2D eigenvalue weighted by molar-refractivity contribution is 0.0980. The molecule has 0 atom stereocenters. The van der Waals surface area contributed by atoms with Crippen molar-refractivity contribution in [1.29, 1.82) is 0 Å². The van der Waals surface area contributed by atoms with Gasteiger partial charge in [-0.15, -0.1) is 0 Å². The van der Waals surface area contributed by atoms with Crippen molar-refractivity contribution in [1.82, 2.24) is 4.72 Å². The number of rotatable bonds is 8. The molecule has 0 aliphatic carbocycles. The summed E-state index contributed by atoms with van der Waals surface area (Å²) < 4.78 is 68.6. The van der Waals surface area contributed by atoms with Gasteiger partial charge in [0.15, 0.2) is 0 Å². The number of primary sulfonamides is 1. The lowest BCUT2D eigenvalue weighted by Gasteiger charge is -2.12. The first-order chi connectivity index (χ1) is 15.0. The average molecular weight is 483 g/mol. The first-order valence-corrected chi connectivity index (χ1v) is 12.5. The summed E-state index contributed by atoms with van der Waals surface area (Å²) in [6, 6.07) is 8.77. The maximum atomic E-state index is 12.7. The van der Waals surface area contributed by atoms with Crippen LogP contribution in [0.15, 0.2) is 52.3 Å². The van der Waals surface area contributed by atoms with Crippen molar-refractivity contribution in [3.05, 3.63) is 53.6 Å². The number of benzene rings is 2. The van der Waals surface area contributed by atoms with Gasteiger partial charge in [-0.1, -0.05) is 37.8 Å². The minimum absolute atomic E-state index is 0.0396. The molecule has 2 aromatic rings. The molecule has 1 amide bonds. The minimum atomic E-state index is -4.56. The molecule has 8 nitrogen and oxygen atoms in total. The van der Waals surface area contributed by atoms with Crippen LogP contribution in [-0.4, -0.2) is 36.0 Å². The zero-order chi connectivity index (χ0) is 23.9. The lowest BCUT2D eigenvalue weighted by Crippen LogP contribution is -2.32. The summed E-state index contributed by atoms with van der Waals surface area (Å²) in [5.41, 5.74) is 0.378. The van der Waals surface area contributed by atoms with E-state index >= 15 is 0 Å². The van der Waals surface area contributed by atoms with Gasteiger partial charge < -0.3 is 4.74 Å². The molecule has 2 rings (SSSR count). The zero-order valence-corrected chi connectivity index (χ0v) is 19.1. The summed E-state index contributed by atoms with van der Waals surface area (Å²) in [6.45, 7) is 3.23. The molecule has 0 radical (unpaired) electrons. The van der Waals surface area contributed by atoms with E-state index in [9.17, 15) is 26.0 Å². The van der Waals surface area contributed by atoms with Crippen molar-refractivity contribution in [3.8, 4) is 17.6 Å². The number of nitrogens with two attached hydrogens (primary N) is 1. The first kappa shape index (κ1) is 25.3. The number of hydrogen-bond acceptors (Lipinski definition) is 6. The van der Waals surface area contributed by atoms with Crippen molar-refractivity contribution in [2.75, 3.05) is 13.3 Å². The third kappa shape index (κ3) is 6.78. The van der Waals surface area contributed by atoms with Gasteiger partial charge in [-0.2, -0.15) is 0 Å². The van der Waals surface area contributed by atoms with E-state index < -0.39 is 42.4 Å². The molecule has 32 heavy (non-hydrogen) atoms. The molecule has 0 aromatic heterocycles. The van der Waals surface area contributed by atoms with E-state index in [1.54, 1.807) is 0 Å². The average Bonchev–Trinajstić information content (AvgIpc) is 2.72. The topological polar surface area (TPSA) is 133 Å². The summed E-state index contributed by atoms with van der Waals surface area (Å²) in [7, 11) is -8.92. The molecule has 0 aliphatic rings. The van der Waals surface area contributed by atoms with Crippen molar-refractivity contribution in [2.24, 2.45) is 11.1 Å². The predicted octanol–water partition coefficient (Wildman–Crippen LogP) is 2.20. The first-order valence-electron chi connectivity index (χ1n) is 9.49. The van der Waals surface area contributed by atoms with Crippen molar-refractivity contribution in [3.63, 3.8) is 0 Å². The fourth-order valence-corrected chi connectivity index (χ4v) is 4.84. The van der Waals surface area contributed by atoms with Gasteiger partial charge in [-0.3, -0.25) is 9.18 Å². The number of nitrogens with one attached hydrogen (secondary N) is 1. The number of carbonyl (C=O) groups excluding carboxylic acids is 1. The normalized spacial score (nSPS) is 11.5. The van der Waals surface area contributed by atoms with E-state index in [0.717, 1.165) is 12.1 Å². The quantitative estimate of drug-likeness (QED) is 0.438. The van der Waals surface area contributed by atoms with Crippen LogP contribution in [0.4, 0.5) is 4.39 Å². The number of ether oxygens (including phenoxy) is 1. The number of amides is 1. The van der Waals surface area contributed by atoms with Crippen LogP contribution in [0.3, 0.4) is 0 Å². The highest BCUT2D eigenvalue weighted by Crippen LogP contribution is 2.22. The van der Waals surface area contributed by atoms with Gasteiger partial charge in [0, 0.05) is 17.9 Å². The van der Waals surface area contributed by atoms with Crippen LogP contribution in [0.1, 0.15) is 36.2 Å². The number of sulfonamides is 2. The second-order valence-corrected chi connectivity index (χ2v) is 10.1. The van der Waals surface area contributed by atoms with Crippen molar-refractivity contribution in [2.45, 2.75) is 30.1 Å². The fraction of sp³-hybridized carbons (Fsp3) is 0.286. The smallest absolute Gasteiger partial charge is 0.265 e. The van der Waals surface area contributed by atoms with Gasteiger partial charge in [-0.05, 0) is 30.3 Å². The van der Waals surface area contributed by atoms with E-state index in [1.165, 1.54) is 30.3 Å². The van der Waals surface area contributed by atoms with E-state index in [0.29, 0.717) is 5.56 Å². The summed E-state index contributed by atoms with van der Waals surface area (Å²) in [6.07, 6.45) is 0.131. The highest BCUT2D eigenvalue weighted by atomic mass is 32.2. The fourth-order valence-electron chi connectivity index (χ4n) is 2.49. The maximum Gasteiger partial charge on any atom is 0.265 e. The van der Waals surface area contributed by atoms with E-state index in [-0.39, 0.29) is 30.3 Å². The highest BCUT2D eigenvalue weighted by molar-refractivity contribution is 7.92. The minimum Gasteiger partial charge on any atom is -0.492 e. The van der Waals surface area contributed by atoms with E-state index in [1.807, 2.05) is 18.6 Å². The molecule has 0 spiro atoms. The second kappa shape index (κ2) is 10.6. The van der Waals surface area contributed by atoms with Gasteiger partial charge in [0.05, 0.1) is 18.8 Å². The molecule has 0 aliphatic heterocycles. The number of alkyl halides is 1. The largest absolute Gasteiger partial charge is 0.492 e. The summed E-state index contributed by atoms with van der Waals surface area (Å²) in [4.78, 5) is 11.3. The maximum absolute atomic E-state index is 12.7. The Kier molecular flexibility index (Phi) is 8.38. The Hall–Kier alpha value is -2.94. The Balaban J connectivity index is 2.39. The van der Waals surface area contributed by atoms with Gasteiger partial charge in [-0.25, -0.2) is 26.7 Å². The van der Waals surface area contributed by atoms with Gasteiger partial charge in [0.1, 0.15) is 15.5 Å². The third-order valence-corrected chi connectivity index (χ3v) is 6.43. The Labute approximate surface area is 187 Å². The van der Waals surface area contributed by atoms with Crippen LogP contribution in [0, 0.1) is 17.8 Å². The van der Waals surface area contributed by atoms with Crippen LogP contribution in [0.5, 0.6) is 5.75 Å².